The van der Waals surface area contributed by atoms with Crippen LogP contribution < -0.4 is 11.1 Å². The van der Waals surface area contributed by atoms with Gasteiger partial charge in [-0.05, 0) is 18.6 Å². The third kappa shape index (κ3) is 2.66. The summed E-state index contributed by atoms with van der Waals surface area (Å²) >= 11 is 1.38. The molecule has 0 saturated heterocycles. The highest BCUT2D eigenvalue weighted by Gasteiger charge is 2.11. The summed E-state index contributed by atoms with van der Waals surface area (Å²) in [5, 5.41) is 5.24. The van der Waals surface area contributed by atoms with E-state index in [1.54, 1.807) is 23.8 Å². The van der Waals surface area contributed by atoms with E-state index in [4.69, 9.17) is 5.73 Å². The summed E-state index contributed by atoms with van der Waals surface area (Å²) in [6, 6.07) is 1.75. The Hall–Kier alpha value is -1.79. The zero-order valence-electron chi connectivity index (χ0n) is 9.30. The minimum Gasteiger partial charge on any atom is -0.325 e. The number of hydrogen-bond acceptors (Lipinski definition) is 5. The van der Waals surface area contributed by atoms with Gasteiger partial charge in [-0.2, -0.15) is 0 Å². The van der Waals surface area contributed by atoms with E-state index >= 15 is 0 Å². The molecule has 0 aromatic carbocycles. The Morgan fingerprint density at radius 1 is 1.59 bits per heavy atom. The molecule has 0 saturated carbocycles. The number of pyridine rings is 1. The van der Waals surface area contributed by atoms with Crippen molar-refractivity contribution >= 4 is 22.9 Å². The summed E-state index contributed by atoms with van der Waals surface area (Å²) in [5.41, 5.74) is 7.50. The molecule has 0 aliphatic heterocycles. The molecule has 6 heteroatoms. The van der Waals surface area contributed by atoms with Crippen molar-refractivity contribution in [2.45, 2.75) is 13.5 Å². The van der Waals surface area contributed by atoms with E-state index in [2.05, 4.69) is 15.3 Å². The summed E-state index contributed by atoms with van der Waals surface area (Å²) in [4.78, 5) is 19.9. The molecule has 3 N–H and O–H groups in total. The highest BCUT2D eigenvalue weighted by molar-refractivity contribution is 7.09. The second-order valence-corrected chi connectivity index (χ2v) is 4.42. The standard InChI is InChI=1S/C11H12N4OS/c1-7-5-13-3-2-8(7)15-11(16)9-6-17-10(4-12)14-9/h2-3,5-6H,4,12H2,1H3,(H,13,15,16). The average Bonchev–Trinajstić information content (AvgIpc) is 2.81. The number of aromatic nitrogens is 2. The number of amides is 1. The average molecular weight is 248 g/mol. The fraction of sp³-hybridized carbons (Fsp3) is 0.182. The van der Waals surface area contributed by atoms with Crippen molar-refractivity contribution in [2.24, 2.45) is 5.73 Å². The molecule has 0 atom stereocenters. The first-order chi connectivity index (χ1) is 8.20. The molecule has 2 rings (SSSR count). The lowest BCUT2D eigenvalue weighted by atomic mass is 10.2. The van der Waals surface area contributed by atoms with E-state index in [1.165, 1.54) is 11.3 Å². The Bertz CT molecular complexity index is 538. The second kappa shape index (κ2) is 5.03. The summed E-state index contributed by atoms with van der Waals surface area (Å²) in [6.45, 7) is 2.24. The number of aryl methyl sites for hydroxylation is 1. The lowest BCUT2D eigenvalue weighted by Crippen LogP contribution is -2.13. The molecule has 0 aliphatic rings. The number of nitrogens with one attached hydrogen (secondary N) is 1. The van der Waals surface area contributed by atoms with Crippen molar-refractivity contribution in [3.8, 4) is 0 Å². The van der Waals surface area contributed by atoms with Crippen LogP contribution in [-0.4, -0.2) is 15.9 Å². The summed E-state index contributed by atoms with van der Waals surface area (Å²) in [7, 11) is 0. The molecule has 2 heterocycles. The SMILES string of the molecule is Cc1cnccc1NC(=O)c1csc(CN)n1. The molecule has 88 valence electrons. The van der Waals surface area contributed by atoms with Gasteiger partial charge < -0.3 is 11.1 Å². The van der Waals surface area contributed by atoms with E-state index in [0.29, 0.717) is 12.2 Å². The van der Waals surface area contributed by atoms with Gasteiger partial charge in [0.15, 0.2) is 0 Å². The molecular formula is C11H12N4OS. The normalized spacial score (nSPS) is 10.2. The number of carbonyl (C=O) groups is 1. The van der Waals surface area contributed by atoms with Gasteiger partial charge in [0.05, 0.1) is 0 Å². The van der Waals surface area contributed by atoms with E-state index in [1.807, 2.05) is 6.92 Å². The van der Waals surface area contributed by atoms with E-state index in [9.17, 15) is 4.79 Å². The van der Waals surface area contributed by atoms with Gasteiger partial charge in [-0.15, -0.1) is 11.3 Å². The molecule has 0 aliphatic carbocycles. The van der Waals surface area contributed by atoms with Crippen LogP contribution in [0.5, 0.6) is 0 Å². The molecule has 2 aromatic heterocycles. The van der Waals surface area contributed by atoms with Crippen molar-refractivity contribution in [3.63, 3.8) is 0 Å². The summed E-state index contributed by atoms with van der Waals surface area (Å²) in [6.07, 6.45) is 3.33. The van der Waals surface area contributed by atoms with Gasteiger partial charge in [-0.1, -0.05) is 0 Å². The Morgan fingerprint density at radius 3 is 3.06 bits per heavy atom. The van der Waals surface area contributed by atoms with E-state index < -0.39 is 0 Å². The third-order valence-electron chi connectivity index (χ3n) is 2.23. The fourth-order valence-corrected chi connectivity index (χ4v) is 1.96. The van der Waals surface area contributed by atoms with Crippen LogP contribution in [0.15, 0.2) is 23.8 Å². The zero-order chi connectivity index (χ0) is 12.3. The maximum Gasteiger partial charge on any atom is 0.275 e. The highest BCUT2D eigenvalue weighted by atomic mass is 32.1. The second-order valence-electron chi connectivity index (χ2n) is 3.48. The molecule has 17 heavy (non-hydrogen) atoms. The Kier molecular flexibility index (Phi) is 3.46. The van der Waals surface area contributed by atoms with Crippen LogP contribution in [0, 0.1) is 6.92 Å². The number of hydrogen-bond donors (Lipinski definition) is 2. The van der Waals surface area contributed by atoms with Crippen LogP contribution in [0.25, 0.3) is 0 Å². The van der Waals surface area contributed by atoms with Crippen LogP contribution in [0.4, 0.5) is 5.69 Å². The lowest BCUT2D eigenvalue weighted by Gasteiger charge is -2.05. The molecule has 0 fully saturated rings. The van der Waals surface area contributed by atoms with Gasteiger partial charge in [0, 0.05) is 30.0 Å². The minimum atomic E-state index is -0.227. The minimum absolute atomic E-state index is 0.227. The van der Waals surface area contributed by atoms with Crippen LogP contribution in [-0.2, 0) is 6.54 Å². The van der Waals surface area contributed by atoms with Gasteiger partial charge in [0.2, 0.25) is 0 Å². The molecular weight excluding hydrogens is 236 g/mol. The monoisotopic (exact) mass is 248 g/mol. The van der Waals surface area contributed by atoms with Crippen molar-refractivity contribution in [1.29, 1.82) is 0 Å². The maximum absolute atomic E-state index is 11.9. The van der Waals surface area contributed by atoms with Crippen LogP contribution in [0.1, 0.15) is 21.1 Å². The number of nitrogens with zero attached hydrogens (tertiary/aromatic N) is 2. The molecule has 5 nitrogen and oxygen atoms in total. The number of rotatable bonds is 3. The molecule has 1 amide bonds. The molecule has 0 spiro atoms. The lowest BCUT2D eigenvalue weighted by molar-refractivity contribution is 0.102. The van der Waals surface area contributed by atoms with Crippen molar-refractivity contribution in [2.75, 3.05) is 5.32 Å². The highest BCUT2D eigenvalue weighted by Crippen LogP contribution is 2.14. The van der Waals surface area contributed by atoms with E-state index in [-0.39, 0.29) is 5.91 Å². The quantitative estimate of drug-likeness (QED) is 0.863. The zero-order valence-corrected chi connectivity index (χ0v) is 10.1. The van der Waals surface area contributed by atoms with Crippen molar-refractivity contribution in [1.82, 2.24) is 9.97 Å². The largest absolute Gasteiger partial charge is 0.325 e. The Labute approximate surface area is 103 Å². The topological polar surface area (TPSA) is 80.9 Å². The Balaban J connectivity index is 2.14. The number of nitrogens with two attached hydrogens (primary N) is 1. The van der Waals surface area contributed by atoms with Gasteiger partial charge >= 0.3 is 0 Å². The smallest absolute Gasteiger partial charge is 0.275 e. The third-order valence-corrected chi connectivity index (χ3v) is 3.10. The first kappa shape index (κ1) is 11.7. The van der Waals surface area contributed by atoms with Gasteiger partial charge in [-0.25, -0.2) is 4.98 Å². The van der Waals surface area contributed by atoms with Crippen LogP contribution in [0.3, 0.4) is 0 Å². The van der Waals surface area contributed by atoms with Crippen molar-refractivity contribution in [3.05, 3.63) is 40.1 Å². The number of carbonyl (C=O) groups excluding carboxylic acids is 1. The molecule has 0 unspecified atom stereocenters. The summed E-state index contributed by atoms with van der Waals surface area (Å²) in [5.74, 6) is -0.227. The van der Waals surface area contributed by atoms with Crippen LogP contribution >= 0.6 is 11.3 Å². The molecule has 2 aromatic rings. The first-order valence-electron chi connectivity index (χ1n) is 5.07. The fourth-order valence-electron chi connectivity index (χ4n) is 1.31. The van der Waals surface area contributed by atoms with E-state index in [0.717, 1.165) is 16.3 Å². The van der Waals surface area contributed by atoms with Crippen LogP contribution in [0.2, 0.25) is 0 Å². The number of thiazole rings is 1. The van der Waals surface area contributed by atoms with Gasteiger partial charge in [0.1, 0.15) is 10.7 Å². The predicted octanol–water partition coefficient (Wildman–Crippen LogP) is 1.56. The number of anilines is 1. The van der Waals surface area contributed by atoms with Gasteiger partial charge in [-0.3, -0.25) is 9.78 Å². The van der Waals surface area contributed by atoms with Crippen molar-refractivity contribution < 1.29 is 4.79 Å². The summed E-state index contributed by atoms with van der Waals surface area (Å²) < 4.78 is 0. The molecule has 0 radical (unpaired) electrons. The van der Waals surface area contributed by atoms with Gasteiger partial charge in [0.25, 0.3) is 5.91 Å². The predicted molar refractivity (Wildman–Crippen MR) is 66.9 cm³/mol. The maximum atomic E-state index is 11.9. The first-order valence-corrected chi connectivity index (χ1v) is 5.95. The Morgan fingerprint density at radius 2 is 2.41 bits per heavy atom. The molecule has 0 bridgehead atoms.